The van der Waals surface area contributed by atoms with Crippen LogP contribution in [0.4, 0.5) is 8.78 Å². The van der Waals surface area contributed by atoms with Crippen LogP contribution in [0.25, 0.3) is 27.8 Å². The predicted molar refractivity (Wildman–Crippen MR) is 132 cm³/mol. The highest BCUT2D eigenvalue weighted by Gasteiger charge is 2.39. The van der Waals surface area contributed by atoms with Crippen LogP contribution in [0, 0.1) is 17.6 Å². The maximum Gasteiger partial charge on any atom is 0.264 e. The molecule has 0 unspecified atom stereocenters. The lowest BCUT2D eigenvalue weighted by molar-refractivity contribution is -0.137. The maximum atomic E-state index is 13.6. The van der Waals surface area contributed by atoms with Gasteiger partial charge in [-0.3, -0.25) is 14.2 Å². The Hall–Kier alpha value is -3.92. The van der Waals surface area contributed by atoms with Crippen molar-refractivity contribution in [2.75, 3.05) is 13.1 Å². The van der Waals surface area contributed by atoms with Gasteiger partial charge in [0.2, 0.25) is 5.91 Å². The van der Waals surface area contributed by atoms with Gasteiger partial charge in [0.1, 0.15) is 11.7 Å². The first-order valence-corrected chi connectivity index (χ1v) is 12.3. The minimum absolute atomic E-state index is 0.0916. The second kappa shape index (κ2) is 8.88. The van der Waals surface area contributed by atoms with Gasteiger partial charge in [-0.15, -0.1) is 0 Å². The summed E-state index contributed by atoms with van der Waals surface area (Å²) >= 11 is 0. The summed E-state index contributed by atoms with van der Waals surface area (Å²) in [7, 11) is 0. The van der Waals surface area contributed by atoms with Crippen LogP contribution in [0.3, 0.4) is 0 Å². The van der Waals surface area contributed by atoms with Crippen LogP contribution < -0.4 is 5.56 Å². The fraction of sp³-hybridized carbons (Fsp3) is 0.333. The molecule has 8 nitrogen and oxygen atoms in total. The topological polar surface area (TPSA) is 93.2 Å². The number of aromatic nitrogens is 4. The third kappa shape index (κ3) is 4.42. The van der Waals surface area contributed by atoms with Gasteiger partial charge in [-0.2, -0.15) is 5.10 Å². The molecule has 1 saturated heterocycles. The van der Waals surface area contributed by atoms with Crippen LogP contribution >= 0.6 is 0 Å². The Balaban J connectivity index is 1.21. The van der Waals surface area contributed by atoms with Crippen LogP contribution in [0.5, 0.6) is 0 Å². The average Bonchev–Trinajstić information content (AvgIpc) is 3.66. The maximum absolute atomic E-state index is 13.6. The van der Waals surface area contributed by atoms with Crippen molar-refractivity contribution in [2.45, 2.75) is 37.8 Å². The van der Waals surface area contributed by atoms with Crippen LogP contribution in [0.2, 0.25) is 0 Å². The molecule has 3 heterocycles. The summed E-state index contributed by atoms with van der Waals surface area (Å²) < 4.78 is 29.8. The van der Waals surface area contributed by atoms with E-state index in [0.29, 0.717) is 53.8 Å². The molecule has 0 spiro atoms. The molecule has 10 heteroatoms. The molecule has 1 amide bonds. The number of halogens is 2. The quantitative estimate of drug-likeness (QED) is 0.449. The van der Waals surface area contributed by atoms with E-state index < -0.39 is 17.2 Å². The zero-order chi connectivity index (χ0) is 25.7. The SMILES string of the molecule is O=C(C1CC1)N1CCC(O)(Cn2cnc3c(cnn3-c3ccc(-c4ccc(F)c(F)c4)cc3)c2=O)CC1. The summed E-state index contributed by atoms with van der Waals surface area (Å²) in [4.78, 5) is 31.8. The van der Waals surface area contributed by atoms with Gasteiger partial charge in [0.15, 0.2) is 17.3 Å². The van der Waals surface area contributed by atoms with Crippen LogP contribution in [-0.4, -0.2) is 53.9 Å². The largest absolute Gasteiger partial charge is 0.388 e. The summed E-state index contributed by atoms with van der Waals surface area (Å²) in [6.07, 6.45) is 5.57. The molecule has 6 rings (SSSR count). The molecule has 1 aliphatic heterocycles. The fourth-order valence-electron chi connectivity index (χ4n) is 4.93. The molecule has 1 aliphatic carbocycles. The molecule has 0 atom stereocenters. The molecule has 1 N–H and O–H groups in total. The summed E-state index contributed by atoms with van der Waals surface area (Å²) in [6.45, 7) is 1.05. The first-order valence-electron chi connectivity index (χ1n) is 12.3. The highest BCUT2D eigenvalue weighted by molar-refractivity contribution is 5.81. The Labute approximate surface area is 210 Å². The standard InChI is InChI=1S/C27H25F2N5O3/c28-22-8-5-19(13-23(22)29)17-3-6-20(7-4-17)34-24-21(14-31-34)26(36)33(16-30-24)15-27(37)9-11-32(12-10-27)25(35)18-1-2-18/h3-8,13-14,16,18,37H,1-2,9-12,15H2. The van der Waals surface area contributed by atoms with Crippen molar-refractivity contribution in [3.05, 3.63) is 77.0 Å². The smallest absolute Gasteiger partial charge is 0.264 e. The van der Waals surface area contributed by atoms with Crippen LogP contribution in [-0.2, 0) is 11.3 Å². The third-order valence-corrected chi connectivity index (χ3v) is 7.32. The van der Waals surface area contributed by atoms with Crippen molar-refractivity contribution in [3.8, 4) is 16.8 Å². The van der Waals surface area contributed by atoms with E-state index in [2.05, 4.69) is 10.1 Å². The number of carbonyl (C=O) groups excluding carboxylic acids is 1. The summed E-state index contributed by atoms with van der Waals surface area (Å²) in [6, 6.07) is 10.8. The van der Waals surface area contributed by atoms with Gasteiger partial charge in [-0.25, -0.2) is 18.4 Å². The number of hydrogen-bond donors (Lipinski definition) is 1. The number of piperidine rings is 1. The predicted octanol–water partition coefficient (Wildman–Crippen LogP) is 3.29. The molecule has 2 fully saturated rings. The van der Waals surface area contributed by atoms with Crippen LogP contribution in [0.15, 0.2) is 59.8 Å². The lowest BCUT2D eigenvalue weighted by atomic mass is 9.91. The minimum atomic E-state index is -1.09. The van der Waals surface area contributed by atoms with E-state index in [0.717, 1.165) is 25.0 Å². The molecule has 190 valence electrons. The van der Waals surface area contributed by atoms with Crippen molar-refractivity contribution in [3.63, 3.8) is 0 Å². The Bertz CT molecular complexity index is 1550. The highest BCUT2D eigenvalue weighted by Crippen LogP contribution is 2.33. The van der Waals surface area contributed by atoms with Gasteiger partial charge in [-0.1, -0.05) is 18.2 Å². The van der Waals surface area contributed by atoms with E-state index >= 15 is 0 Å². The molecule has 2 aromatic heterocycles. The van der Waals surface area contributed by atoms with Gasteiger partial charge in [0.05, 0.1) is 24.0 Å². The third-order valence-electron chi connectivity index (χ3n) is 7.32. The fourth-order valence-corrected chi connectivity index (χ4v) is 4.93. The number of nitrogens with zero attached hydrogens (tertiary/aromatic N) is 5. The first-order chi connectivity index (χ1) is 17.8. The van der Waals surface area contributed by atoms with E-state index in [1.807, 2.05) is 4.90 Å². The van der Waals surface area contributed by atoms with Gasteiger partial charge in [0.25, 0.3) is 5.56 Å². The number of benzene rings is 2. The van der Waals surface area contributed by atoms with E-state index in [9.17, 15) is 23.5 Å². The lowest BCUT2D eigenvalue weighted by Gasteiger charge is -2.38. The number of hydrogen-bond acceptors (Lipinski definition) is 5. The van der Waals surface area contributed by atoms with Crippen molar-refractivity contribution >= 4 is 16.9 Å². The molecule has 2 aromatic carbocycles. The van der Waals surface area contributed by atoms with E-state index in [-0.39, 0.29) is 23.9 Å². The van der Waals surface area contributed by atoms with Crippen molar-refractivity contribution in [1.29, 1.82) is 0 Å². The summed E-state index contributed by atoms with van der Waals surface area (Å²) in [5.41, 5.74) is 0.867. The molecular formula is C27H25F2N5O3. The summed E-state index contributed by atoms with van der Waals surface area (Å²) in [5.74, 6) is -1.49. The minimum Gasteiger partial charge on any atom is -0.388 e. The monoisotopic (exact) mass is 505 g/mol. The lowest BCUT2D eigenvalue weighted by Crippen LogP contribution is -2.50. The van der Waals surface area contributed by atoms with Crippen LogP contribution in [0.1, 0.15) is 25.7 Å². The molecule has 2 aliphatic rings. The second-order valence-corrected chi connectivity index (χ2v) is 9.97. The first kappa shape index (κ1) is 23.5. The van der Waals surface area contributed by atoms with Gasteiger partial charge in [-0.05, 0) is 61.1 Å². The number of fused-ring (bicyclic) bond motifs is 1. The van der Waals surface area contributed by atoms with Gasteiger partial charge >= 0.3 is 0 Å². The number of aliphatic hydroxyl groups is 1. The molecular weight excluding hydrogens is 480 g/mol. The zero-order valence-electron chi connectivity index (χ0n) is 20.0. The highest BCUT2D eigenvalue weighted by atomic mass is 19.2. The molecule has 37 heavy (non-hydrogen) atoms. The van der Waals surface area contributed by atoms with Crippen molar-refractivity contribution in [1.82, 2.24) is 24.2 Å². The van der Waals surface area contributed by atoms with E-state index in [1.165, 1.54) is 27.8 Å². The molecule has 0 radical (unpaired) electrons. The normalized spacial score (nSPS) is 17.3. The number of amides is 1. The summed E-state index contributed by atoms with van der Waals surface area (Å²) in [5, 5.41) is 15.8. The van der Waals surface area contributed by atoms with Gasteiger partial charge < -0.3 is 10.0 Å². The van der Waals surface area contributed by atoms with Gasteiger partial charge in [0, 0.05) is 19.0 Å². The molecule has 0 bridgehead atoms. The average molecular weight is 506 g/mol. The zero-order valence-corrected chi connectivity index (χ0v) is 20.0. The number of carbonyl (C=O) groups is 1. The number of rotatable bonds is 5. The van der Waals surface area contributed by atoms with Crippen molar-refractivity contribution < 1.29 is 18.7 Å². The Kier molecular flexibility index (Phi) is 5.63. The molecule has 4 aromatic rings. The van der Waals surface area contributed by atoms with E-state index in [4.69, 9.17) is 0 Å². The number of likely N-dealkylation sites (tertiary alicyclic amines) is 1. The Morgan fingerprint density at radius 3 is 2.41 bits per heavy atom. The molecule has 1 saturated carbocycles. The van der Waals surface area contributed by atoms with E-state index in [1.54, 1.807) is 24.3 Å². The second-order valence-electron chi connectivity index (χ2n) is 9.97. The Morgan fingerprint density at radius 1 is 1.03 bits per heavy atom. The Morgan fingerprint density at radius 2 is 1.73 bits per heavy atom. The van der Waals surface area contributed by atoms with Crippen molar-refractivity contribution in [2.24, 2.45) is 5.92 Å².